The Hall–Kier alpha value is -3.00. The molecule has 25 heavy (non-hydrogen) atoms. The molecule has 1 aromatic carbocycles. The summed E-state index contributed by atoms with van der Waals surface area (Å²) in [5, 5.41) is 3.01. The first-order valence-electron chi connectivity index (χ1n) is 8.06. The van der Waals surface area contributed by atoms with Crippen LogP contribution in [0.4, 0.5) is 0 Å². The number of methoxy groups -OCH3 is 1. The van der Waals surface area contributed by atoms with Gasteiger partial charge in [0.25, 0.3) is 5.91 Å². The molecule has 1 N–H and O–H groups in total. The third-order valence-electron chi connectivity index (χ3n) is 3.74. The molecule has 0 radical (unpaired) electrons. The fourth-order valence-electron chi connectivity index (χ4n) is 2.43. The Kier molecular flexibility index (Phi) is 6.41. The Morgan fingerprint density at radius 1 is 1.32 bits per heavy atom. The molecular weight excluding hydrogens is 316 g/mol. The average molecular weight is 338 g/mol. The van der Waals surface area contributed by atoms with Crippen LogP contribution in [0.1, 0.15) is 41.0 Å². The molecule has 2 aromatic rings. The van der Waals surface area contributed by atoms with Gasteiger partial charge in [-0.25, -0.2) is 0 Å². The zero-order valence-electron chi connectivity index (χ0n) is 14.7. The van der Waals surface area contributed by atoms with Gasteiger partial charge in [0.2, 0.25) is 0 Å². The number of carbonyl (C=O) groups is 1. The number of benzene rings is 1. The maximum atomic E-state index is 12.6. The highest BCUT2D eigenvalue weighted by atomic mass is 16.5. The average Bonchev–Trinajstić information content (AvgIpc) is 2.63. The van der Waals surface area contributed by atoms with Gasteiger partial charge in [-0.05, 0) is 49.2 Å². The molecule has 2 rings (SSSR count). The van der Waals surface area contributed by atoms with E-state index in [-0.39, 0.29) is 18.6 Å². The van der Waals surface area contributed by atoms with E-state index in [1.165, 1.54) is 7.11 Å². The van der Waals surface area contributed by atoms with E-state index in [0.29, 0.717) is 17.1 Å². The summed E-state index contributed by atoms with van der Waals surface area (Å²) < 4.78 is 10.7. The monoisotopic (exact) mass is 338 g/mol. The van der Waals surface area contributed by atoms with Crippen LogP contribution in [0.25, 0.3) is 0 Å². The third kappa shape index (κ3) is 4.74. The molecule has 0 saturated carbocycles. The summed E-state index contributed by atoms with van der Waals surface area (Å²) >= 11 is 0. The second-order valence-corrected chi connectivity index (χ2v) is 5.55. The summed E-state index contributed by atoms with van der Waals surface area (Å²) in [6.45, 7) is 4.11. The molecule has 0 aliphatic carbocycles. The smallest absolute Gasteiger partial charge is 0.251 e. The lowest BCUT2D eigenvalue weighted by Crippen LogP contribution is -2.28. The van der Waals surface area contributed by atoms with E-state index in [4.69, 9.17) is 15.9 Å². The fraction of sp³-hybridized carbons (Fsp3) is 0.300. The summed E-state index contributed by atoms with van der Waals surface area (Å²) in [6.07, 6.45) is 7.71. The predicted molar refractivity (Wildman–Crippen MR) is 96.8 cm³/mol. The van der Waals surface area contributed by atoms with Crippen molar-refractivity contribution in [1.82, 2.24) is 10.3 Å². The third-order valence-corrected chi connectivity index (χ3v) is 3.74. The van der Waals surface area contributed by atoms with Gasteiger partial charge in [0.05, 0.1) is 18.8 Å². The zero-order valence-corrected chi connectivity index (χ0v) is 14.7. The topological polar surface area (TPSA) is 60.5 Å². The van der Waals surface area contributed by atoms with Gasteiger partial charge in [-0.2, -0.15) is 0 Å². The van der Waals surface area contributed by atoms with Crippen LogP contribution in [0.2, 0.25) is 0 Å². The molecule has 1 atom stereocenters. The van der Waals surface area contributed by atoms with Crippen molar-refractivity contribution in [2.75, 3.05) is 13.7 Å². The number of aromatic nitrogens is 1. The van der Waals surface area contributed by atoms with Gasteiger partial charge in [-0.3, -0.25) is 9.78 Å². The summed E-state index contributed by atoms with van der Waals surface area (Å²) in [6, 6.07) is 8.74. The summed E-state index contributed by atoms with van der Waals surface area (Å²) in [7, 11) is 1.54. The van der Waals surface area contributed by atoms with Crippen LogP contribution in [-0.2, 0) is 0 Å². The molecular formula is C20H22N2O3. The molecule has 5 nitrogen and oxygen atoms in total. The Bertz CT molecular complexity index is 781. The number of hydrogen-bond donors (Lipinski definition) is 1. The number of hydrogen-bond acceptors (Lipinski definition) is 4. The van der Waals surface area contributed by atoms with Crippen molar-refractivity contribution in [3.8, 4) is 23.8 Å². The molecule has 130 valence electrons. The van der Waals surface area contributed by atoms with Gasteiger partial charge >= 0.3 is 0 Å². The number of amides is 1. The van der Waals surface area contributed by atoms with Crippen molar-refractivity contribution in [2.24, 2.45) is 0 Å². The maximum absolute atomic E-state index is 12.6. The van der Waals surface area contributed by atoms with Crippen LogP contribution >= 0.6 is 0 Å². The molecule has 0 saturated heterocycles. The number of terminal acetylenes is 1. The van der Waals surface area contributed by atoms with E-state index in [1.54, 1.807) is 24.4 Å². The fourth-order valence-corrected chi connectivity index (χ4v) is 2.43. The van der Waals surface area contributed by atoms with Crippen molar-refractivity contribution in [1.29, 1.82) is 0 Å². The molecule has 1 amide bonds. The first-order chi connectivity index (χ1) is 12.1. The summed E-state index contributed by atoms with van der Waals surface area (Å²) in [4.78, 5) is 17.0. The molecule has 0 unspecified atom stereocenters. The number of nitrogens with zero attached hydrogens (tertiary/aromatic N) is 1. The Morgan fingerprint density at radius 2 is 2.12 bits per heavy atom. The summed E-state index contributed by atoms with van der Waals surface area (Å²) in [5.41, 5.74) is 2.42. The molecule has 5 heteroatoms. The lowest BCUT2D eigenvalue weighted by atomic mass is 10.1. The number of pyridine rings is 1. The van der Waals surface area contributed by atoms with Gasteiger partial charge in [0.1, 0.15) is 6.61 Å². The highest BCUT2D eigenvalue weighted by Crippen LogP contribution is 2.28. The minimum absolute atomic E-state index is 0.103. The van der Waals surface area contributed by atoms with E-state index < -0.39 is 0 Å². The van der Waals surface area contributed by atoms with Crippen molar-refractivity contribution >= 4 is 5.91 Å². The first kappa shape index (κ1) is 18.3. The molecule has 0 fully saturated rings. The van der Waals surface area contributed by atoms with Crippen LogP contribution in [-0.4, -0.2) is 24.6 Å². The second kappa shape index (κ2) is 8.74. The van der Waals surface area contributed by atoms with Crippen LogP contribution in [0, 0.1) is 19.3 Å². The van der Waals surface area contributed by atoms with Gasteiger partial charge in [0, 0.05) is 11.8 Å². The largest absolute Gasteiger partial charge is 0.493 e. The zero-order chi connectivity index (χ0) is 18.2. The SMILES string of the molecule is C#CCOc1cc(C(=O)N[C@@H](CC)c2cc(C)ccn2)ccc1OC. The minimum atomic E-state index is -0.205. The second-order valence-electron chi connectivity index (χ2n) is 5.55. The number of rotatable bonds is 7. The lowest BCUT2D eigenvalue weighted by Gasteiger charge is -2.17. The Morgan fingerprint density at radius 3 is 2.76 bits per heavy atom. The standard InChI is InChI=1S/C20H22N2O3/c1-5-11-25-19-13-15(7-8-18(19)24-4)20(23)22-16(6-2)17-12-14(3)9-10-21-17/h1,7-10,12-13,16H,6,11H2,2-4H3,(H,22,23)/t16-/m0/s1. The predicted octanol–water partition coefficient (Wildman–Crippen LogP) is 3.29. The summed E-state index contributed by atoms with van der Waals surface area (Å²) in [5.74, 6) is 3.16. The van der Waals surface area contributed by atoms with Gasteiger partial charge in [-0.1, -0.05) is 12.8 Å². The van der Waals surface area contributed by atoms with Crippen molar-refractivity contribution in [3.05, 3.63) is 53.3 Å². The molecule has 1 heterocycles. The normalized spacial score (nSPS) is 11.3. The minimum Gasteiger partial charge on any atom is -0.493 e. The van der Waals surface area contributed by atoms with E-state index in [1.807, 2.05) is 26.0 Å². The van der Waals surface area contributed by atoms with E-state index >= 15 is 0 Å². The van der Waals surface area contributed by atoms with Crippen LogP contribution in [0.3, 0.4) is 0 Å². The first-order valence-corrected chi connectivity index (χ1v) is 8.06. The highest BCUT2D eigenvalue weighted by Gasteiger charge is 2.17. The van der Waals surface area contributed by atoms with Crippen molar-refractivity contribution < 1.29 is 14.3 Å². The van der Waals surface area contributed by atoms with E-state index in [2.05, 4.69) is 16.2 Å². The lowest BCUT2D eigenvalue weighted by molar-refractivity contribution is 0.0934. The molecule has 0 aliphatic rings. The Balaban J connectivity index is 2.20. The number of nitrogens with one attached hydrogen (secondary N) is 1. The molecule has 0 aliphatic heterocycles. The molecule has 0 spiro atoms. The van der Waals surface area contributed by atoms with Gasteiger partial charge in [-0.15, -0.1) is 6.42 Å². The number of aryl methyl sites for hydroxylation is 1. The van der Waals surface area contributed by atoms with Gasteiger partial charge in [0.15, 0.2) is 11.5 Å². The number of carbonyl (C=O) groups excluding carboxylic acids is 1. The van der Waals surface area contributed by atoms with E-state index in [0.717, 1.165) is 17.7 Å². The highest BCUT2D eigenvalue weighted by molar-refractivity contribution is 5.95. The quantitative estimate of drug-likeness (QED) is 0.787. The van der Waals surface area contributed by atoms with Crippen LogP contribution in [0.5, 0.6) is 11.5 Å². The van der Waals surface area contributed by atoms with Crippen LogP contribution in [0.15, 0.2) is 36.5 Å². The van der Waals surface area contributed by atoms with Crippen molar-refractivity contribution in [2.45, 2.75) is 26.3 Å². The molecule has 0 bridgehead atoms. The number of ether oxygens (including phenoxy) is 2. The van der Waals surface area contributed by atoms with E-state index in [9.17, 15) is 4.79 Å². The maximum Gasteiger partial charge on any atom is 0.251 e. The van der Waals surface area contributed by atoms with Crippen LogP contribution < -0.4 is 14.8 Å². The van der Waals surface area contributed by atoms with Crippen molar-refractivity contribution in [3.63, 3.8) is 0 Å². The van der Waals surface area contributed by atoms with Gasteiger partial charge < -0.3 is 14.8 Å². The Labute approximate surface area is 148 Å². The molecule has 1 aromatic heterocycles.